The summed E-state index contributed by atoms with van der Waals surface area (Å²) in [5, 5.41) is 17.2. The molecule has 0 unspecified atom stereocenters. The van der Waals surface area contributed by atoms with Gasteiger partial charge in [-0.2, -0.15) is 5.10 Å². The van der Waals surface area contributed by atoms with E-state index in [2.05, 4.69) is 10.4 Å². The van der Waals surface area contributed by atoms with E-state index in [1.54, 1.807) is 10.7 Å². The highest BCUT2D eigenvalue weighted by molar-refractivity contribution is 6.06. The number of benzene rings is 1. The second kappa shape index (κ2) is 5.83. The molecule has 0 aliphatic carbocycles. The molecule has 1 aromatic heterocycles. The predicted molar refractivity (Wildman–Crippen MR) is 87.6 cm³/mol. The van der Waals surface area contributed by atoms with Crippen molar-refractivity contribution in [2.75, 3.05) is 5.32 Å². The number of carbonyl (C=O) groups is 1. The molecule has 22 heavy (non-hydrogen) atoms. The zero-order chi connectivity index (χ0) is 16.6. The first-order chi connectivity index (χ1) is 10.2. The lowest BCUT2D eigenvalue weighted by Crippen LogP contribution is -2.15. The number of anilines is 1. The zero-order valence-corrected chi connectivity index (χ0v) is 14.0. The third-order valence-corrected chi connectivity index (χ3v) is 3.98. The molecule has 0 saturated heterocycles. The number of phenols is 1. The molecule has 0 atom stereocenters. The Morgan fingerprint density at radius 2 is 1.91 bits per heavy atom. The van der Waals surface area contributed by atoms with Crippen LogP contribution < -0.4 is 5.32 Å². The molecule has 0 aliphatic rings. The van der Waals surface area contributed by atoms with Crippen LogP contribution in [0, 0.1) is 20.8 Å². The largest absolute Gasteiger partial charge is 0.508 e. The van der Waals surface area contributed by atoms with Gasteiger partial charge in [0.25, 0.3) is 5.91 Å². The maximum Gasteiger partial charge on any atom is 0.259 e. The molecule has 2 N–H and O–H groups in total. The summed E-state index contributed by atoms with van der Waals surface area (Å²) >= 11 is 0. The van der Waals surface area contributed by atoms with Crippen molar-refractivity contribution in [3.05, 3.63) is 40.2 Å². The number of carbonyl (C=O) groups excluding carboxylic acids is 1. The molecule has 118 valence electrons. The van der Waals surface area contributed by atoms with Gasteiger partial charge in [0.1, 0.15) is 5.75 Å². The van der Waals surface area contributed by atoms with Gasteiger partial charge < -0.3 is 10.4 Å². The summed E-state index contributed by atoms with van der Waals surface area (Å²) in [7, 11) is 1.82. The Morgan fingerprint density at radius 1 is 1.27 bits per heavy atom. The van der Waals surface area contributed by atoms with Gasteiger partial charge in [0.05, 0.1) is 11.3 Å². The Kier molecular flexibility index (Phi) is 4.26. The van der Waals surface area contributed by atoms with Crippen molar-refractivity contribution in [3.63, 3.8) is 0 Å². The number of aromatic hydroxyl groups is 1. The van der Waals surface area contributed by atoms with E-state index < -0.39 is 0 Å². The molecular formula is C17H23N3O2. The van der Waals surface area contributed by atoms with Crippen molar-refractivity contribution in [2.24, 2.45) is 7.05 Å². The highest BCUT2D eigenvalue weighted by Gasteiger charge is 2.19. The molecule has 0 radical (unpaired) electrons. The van der Waals surface area contributed by atoms with E-state index >= 15 is 0 Å². The number of phenolic OH excluding ortho intramolecular Hbond substituents is 1. The van der Waals surface area contributed by atoms with Gasteiger partial charge in [0, 0.05) is 18.4 Å². The van der Waals surface area contributed by atoms with Gasteiger partial charge in [-0.25, -0.2) is 0 Å². The highest BCUT2D eigenvalue weighted by atomic mass is 16.3. The van der Waals surface area contributed by atoms with Gasteiger partial charge in [-0.1, -0.05) is 13.8 Å². The molecule has 1 heterocycles. The molecule has 5 nitrogen and oxygen atoms in total. The summed E-state index contributed by atoms with van der Waals surface area (Å²) in [5.74, 6) is 0.268. The molecule has 5 heteroatoms. The molecule has 0 bridgehead atoms. The molecule has 0 spiro atoms. The second-order valence-electron chi connectivity index (χ2n) is 6.00. The molecular weight excluding hydrogens is 278 g/mol. The number of rotatable bonds is 3. The van der Waals surface area contributed by atoms with E-state index in [1.165, 1.54) is 0 Å². The Bertz CT molecular complexity index is 730. The first-order valence-electron chi connectivity index (χ1n) is 7.37. The van der Waals surface area contributed by atoms with Crippen LogP contribution in [0.2, 0.25) is 0 Å². The minimum atomic E-state index is -0.174. The highest BCUT2D eigenvalue weighted by Crippen LogP contribution is 2.31. The number of amides is 1. The minimum Gasteiger partial charge on any atom is -0.508 e. The lowest BCUT2D eigenvalue weighted by Gasteiger charge is -2.14. The van der Waals surface area contributed by atoms with Crippen LogP contribution in [-0.2, 0) is 7.05 Å². The van der Waals surface area contributed by atoms with Crippen molar-refractivity contribution >= 4 is 11.6 Å². The fraction of sp³-hybridized carbons (Fsp3) is 0.412. The van der Waals surface area contributed by atoms with Crippen molar-refractivity contribution < 1.29 is 9.90 Å². The van der Waals surface area contributed by atoms with Crippen LogP contribution in [0.3, 0.4) is 0 Å². The van der Waals surface area contributed by atoms with E-state index in [0.717, 1.165) is 16.8 Å². The van der Waals surface area contributed by atoms with Crippen LogP contribution >= 0.6 is 0 Å². The summed E-state index contributed by atoms with van der Waals surface area (Å²) in [6, 6.07) is 3.53. The molecule has 2 aromatic rings. The Labute approximate surface area is 131 Å². The number of aryl methyl sites for hydroxylation is 3. The van der Waals surface area contributed by atoms with E-state index in [4.69, 9.17) is 0 Å². The monoisotopic (exact) mass is 301 g/mol. The summed E-state index contributed by atoms with van der Waals surface area (Å²) in [5.41, 5.74) is 4.50. The summed E-state index contributed by atoms with van der Waals surface area (Å²) in [6.45, 7) is 9.57. The van der Waals surface area contributed by atoms with Gasteiger partial charge >= 0.3 is 0 Å². The summed E-state index contributed by atoms with van der Waals surface area (Å²) in [6.07, 6.45) is 0. The van der Waals surface area contributed by atoms with Crippen LogP contribution in [-0.4, -0.2) is 20.8 Å². The fourth-order valence-corrected chi connectivity index (χ4v) is 2.59. The molecule has 2 rings (SSSR count). The van der Waals surface area contributed by atoms with Crippen molar-refractivity contribution in [1.82, 2.24) is 9.78 Å². The van der Waals surface area contributed by atoms with Crippen LogP contribution in [0.1, 0.15) is 52.6 Å². The Morgan fingerprint density at radius 3 is 2.41 bits per heavy atom. The van der Waals surface area contributed by atoms with Crippen LogP contribution in [0.25, 0.3) is 0 Å². The molecule has 0 saturated carbocycles. The first-order valence-corrected chi connectivity index (χ1v) is 7.37. The van der Waals surface area contributed by atoms with Gasteiger partial charge in [-0.3, -0.25) is 9.48 Å². The lowest BCUT2D eigenvalue weighted by molar-refractivity contribution is 0.102. The third-order valence-electron chi connectivity index (χ3n) is 3.98. The number of aromatic nitrogens is 2. The predicted octanol–water partition coefficient (Wildman–Crippen LogP) is 3.43. The first kappa shape index (κ1) is 16.1. The van der Waals surface area contributed by atoms with E-state index in [-0.39, 0.29) is 17.6 Å². The molecule has 1 amide bonds. The summed E-state index contributed by atoms with van der Waals surface area (Å²) < 4.78 is 1.70. The second-order valence-corrected chi connectivity index (χ2v) is 6.00. The average molecular weight is 301 g/mol. The Balaban J connectivity index is 2.38. The maximum atomic E-state index is 12.6. The van der Waals surface area contributed by atoms with Gasteiger partial charge in [-0.15, -0.1) is 0 Å². The minimum absolute atomic E-state index is 0.174. The fourth-order valence-electron chi connectivity index (χ4n) is 2.59. The Hall–Kier alpha value is -2.30. The smallest absolute Gasteiger partial charge is 0.259 e. The lowest BCUT2D eigenvalue weighted by atomic mass is 9.99. The summed E-state index contributed by atoms with van der Waals surface area (Å²) in [4.78, 5) is 12.6. The number of hydrogen-bond acceptors (Lipinski definition) is 3. The average Bonchev–Trinajstić information content (AvgIpc) is 2.66. The van der Waals surface area contributed by atoms with Gasteiger partial charge in [0.2, 0.25) is 0 Å². The standard InChI is InChI=1S/C17H23N3O2/c1-9(2)13-8-14(10(3)7-15(13)21)18-17(22)16-11(4)19-20(6)12(16)5/h7-9,21H,1-6H3,(H,18,22). The molecule has 1 aromatic carbocycles. The molecule has 0 fully saturated rings. The zero-order valence-electron chi connectivity index (χ0n) is 14.0. The normalized spacial score (nSPS) is 11.0. The SMILES string of the molecule is Cc1cc(O)c(C(C)C)cc1NC(=O)c1c(C)nn(C)c1C. The van der Waals surface area contributed by atoms with Crippen LogP contribution in [0.4, 0.5) is 5.69 Å². The molecule has 0 aliphatic heterocycles. The van der Waals surface area contributed by atoms with Gasteiger partial charge in [0.15, 0.2) is 0 Å². The van der Waals surface area contributed by atoms with Crippen molar-refractivity contribution in [3.8, 4) is 5.75 Å². The van der Waals surface area contributed by atoms with Crippen molar-refractivity contribution in [1.29, 1.82) is 0 Å². The van der Waals surface area contributed by atoms with E-state index in [9.17, 15) is 9.90 Å². The maximum absolute atomic E-state index is 12.6. The van der Waals surface area contributed by atoms with Crippen LogP contribution in [0.15, 0.2) is 12.1 Å². The van der Waals surface area contributed by atoms with E-state index in [0.29, 0.717) is 16.9 Å². The van der Waals surface area contributed by atoms with Gasteiger partial charge in [-0.05, 0) is 49.9 Å². The topological polar surface area (TPSA) is 67.2 Å². The number of nitrogens with zero attached hydrogens (tertiary/aromatic N) is 2. The number of hydrogen-bond donors (Lipinski definition) is 2. The third kappa shape index (κ3) is 2.84. The number of nitrogens with one attached hydrogen (secondary N) is 1. The quantitative estimate of drug-likeness (QED) is 0.854. The van der Waals surface area contributed by atoms with Crippen LogP contribution in [0.5, 0.6) is 5.75 Å². The van der Waals surface area contributed by atoms with E-state index in [1.807, 2.05) is 47.7 Å². The van der Waals surface area contributed by atoms with Crippen molar-refractivity contribution in [2.45, 2.75) is 40.5 Å².